The zero-order chi connectivity index (χ0) is 21.7. The predicted octanol–water partition coefficient (Wildman–Crippen LogP) is -4.50. The molecule has 17 heteroatoms. The van der Waals surface area contributed by atoms with E-state index in [1.807, 2.05) is 0 Å². The second-order valence-corrected chi connectivity index (χ2v) is 12.8. The van der Waals surface area contributed by atoms with Gasteiger partial charge in [-0.25, -0.2) is 0 Å². The Morgan fingerprint density at radius 1 is 0.897 bits per heavy atom. The Bertz CT molecular complexity index is 722. The van der Waals surface area contributed by atoms with E-state index in [0.29, 0.717) is 0 Å². The summed E-state index contributed by atoms with van der Waals surface area (Å²) in [5.74, 6) is -7.26. The van der Waals surface area contributed by atoms with Crippen LogP contribution in [0.3, 0.4) is 0 Å². The Morgan fingerprint density at radius 2 is 1.34 bits per heavy atom. The molecule has 0 aliphatic carbocycles. The maximum atomic E-state index is 11.8. The SMILES string of the molecule is O=C1CC(O)C(=O)[O][In]([O]C(=O)CC(O)C(=O)[O][In]2[O]C(=O)CC(O)C(=O)[O]2)[O]1. The number of rotatable bonds is 5. The molecule has 3 unspecified atom stereocenters. The second-order valence-electron chi connectivity index (χ2n) is 5.52. The zero-order valence-corrected chi connectivity index (χ0v) is 20.8. The Hall–Kier alpha value is -1.56. The molecule has 2 fully saturated rings. The maximum absolute atomic E-state index is 11.8. The van der Waals surface area contributed by atoms with Crippen LogP contribution in [0.15, 0.2) is 0 Å². The van der Waals surface area contributed by atoms with Crippen LogP contribution in [0.2, 0.25) is 0 Å². The molecule has 0 radical (unpaired) electrons. The molecule has 3 N–H and O–H groups in total. The van der Waals surface area contributed by atoms with E-state index >= 15 is 0 Å². The van der Waals surface area contributed by atoms with Gasteiger partial charge in [-0.1, -0.05) is 0 Å². The van der Waals surface area contributed by atoms with E-state index in [-0.39, 0.29) is 0 Å². The Morgan fingerprint density at radius 3 is 1.83 bits per heavy atom. The third kappa shape index (κ3) is 7.32. The van der Waals surface area contributed by atoms with Crippen molar-refractivity contribution in [3.8, 4) is 0 Å². The summed E-state index contributed by atoms with van der Waals surface area (Å²) in [7, 11) is 0. The van der Waals surface area contributed by atoms with Crippen molar-refractivity contribution in [3.63, 3.8) is 0 Å². The predicted molar refractivity (Wildman–Crippen MR) is 79.9 cm³/mol. The third-order valence-corrected chi connectivity index (χ3v) is 10.8. The van der Waals surface area contributed by atoms with Crippen LogP contribution in [0.4, 0.5) is 0 Å². The van der Waals surface area contributed by atoms with E-state index < -0.39 is 119 Å². The Labute approximate surface area is 179 Å². The molecule has 0 aromatic heterocycles. The van der Waals surface area contributed by atoms with Crippen molar-refractivity contribution < 1.29 is 61.2 Å². The normalized spacial score (nSPS) is 23.6. The van der Waals surface area contributed by atoms with Gasteiger partial charge in [0.25, 0.3) is 0 Å². The number of carbonyl (C=O) groups is 6. The summed E-state index contributed by atoms with van der Waals surface area (Å²) in [5, 5.41) is 28.2. The van der Waals surface area contributed by atoms with E-state index in [1.165, 1.54) is 0 Å². The standard InChI is InChI=1S/3C4H6O5.2In/c3*5-2(4(8)9)1-3(6)7;;/h3*2,5H,1H2,(H,6,7)(H,8,9);;/q;;;2*+3/p-6. The Kier molecular flexibility index (Phi) is 8.56. The van der Waals surface area contributed by atoms with Crippen LogP contribution >= 0.6 is 0 Å². The molecule has 156 valence electrons. The molecule has 0 saturated carbocycles. The van der Waals surface area contributed by atoms with E-state index in [4.69, 9.17) is 0 Å². The molecule has 0 aromatic rings. The summed E-state index contributed by atoms with van der Waals surface area (Å²) in [6.45, 7) is 0. The molecule has 2 saturated heterocycles. The van der Waals surface area contributed by atoms with E-state index in [1.54, 1.807) is 0 Å². The molecule has 2 aliphatic rings. The van der Waals surface area contributed by atoms with Crippen molar-refractivity contribution in [3.05, 3.63) is 0 Å². The third-order valence-electron chi connectivity index (χ3n) is 3.22. The molecule has 15 nitrogen and oxygen atoms in total. The molecule has 2 aliphatic heterocycles. The van der Waals surface area contributed by atoms with Gasteiger partial charge >= 0.3 is 180 Å². The van der Waals surface area contributed by atoms with Crippen molar-refractivity contribution in [2.75, 3.05) is 0 Å². The first-order valence-corrected chi connectivity index (χ1v) is 15.9. The van der Waals surface area contributed by atoms with E-state index in [2.05, 4.69) is 17.1 Å². The van der Waals surface area contributed by atoms with Gasteiger partial charge in [0, 0.05) is 0 Å². The van der Waals surface area contributed by atoms with Gasteiger partial charge in [0.15, 0.2) is 0 Å². The van der Waals surface area contributed by atoms with Gasteiger partial charge in [0.1, 0.15) is 0 Å². The molecular weight excluding hydrogens is 614 g/mol. The van der Waals surface area contributed by atoms with Crippen LogP contribution in [0, 0.1) is 0 Å². The van der Waals surface area contributed by atoms with Gasteiger partial charge < -0.3 is 0 Å². The molecule has 3 atom stereocenters. The quantitative estimate of drug-likeness (QED) is 0.262. The van der Waals surface area contributed by atoms with Crippen molar-refractivity contribution in [1.29, 1.82) is 0 Å². The number of aliphatic hydroxyl groups is 3. The summed E-state index contributed by atoms with van der Waals surface area (Å²) in [4.78, 5) is 68.9. The summed E-state index contributed by atoms with van der Waals surface area (Å²) < 4.78 is 27.7. The van der Waals surface area contributed by atoms with Crippen molar-refractivity contribution in [2.24, 2.45) is 0 Å². The van der Waals surface area contributed by atoms with Crippen LogP contribution < -0.4 is 0 Å². The van der Waals surface area contributed by atoms with Gasteiger partial charge in [-0.2, -0.15) is 0 Å². The van der Waals surface area contributed by atoms with Crippen molar-refractivity contribution >= 4 is 81.3 Å². The minimum atomic E-state index is -4.51. The van der Waals surface area contributed by atoms with Crippen LogP contribution in [0.1, 0.15) is 19.3 Å². The van der Waals surface area contributed by atoms with Crippen LogP contribution in [0.25, 0.3) is 0 Å². The fourth-order valence-corrected chi connectivity index (χ4v) is 8.31. The van der Waals surface area contributed by atoms with Gasteiger partial charge in [-0.15, -0.1) is 0 Å². The van der Waals surface area contributed by atoms with Crippen LogP contribution in [0.5, 0.6) is 0 Å². The van der Waals surface area contributed by atoms with Gasteiger partial charge in [-0.3, -0.25) is 0 Å². The minimum absolute atomic E-state index is 0.681. The van der Waals surface area contributed by atoms with Crippen molar-refractivity contribution in [1.82, 2.24) is 0 Å². The molecule has 2 heterocycles. The Balaban J connectivity index is 1.86. The average molecular weight is 626 g/mol. The van der Waals surface area contributed by atoms with Gasteiger partial charge in [0.2, 0.25) is 0 Å². The number of aliphatic hydroxyl groups excluding tert-OH is 3. The van der Waals surface area contributed by atoms with Crippen LogP contribution in [-0.2, 0) is 45.9 Å². The molecule has 0 amide bonds. The summed E-state index contributed by atoms with van der Waals surface area (Å²) in [6, 6.07) is 0. The molecule has 0 spiro atoms. The first kappa shape index (κ1) is 23.7. The number of hydrogen-bond donors (Lipinski definition) is 3. The molecule has 29 heavy (non-hydrogen) atoms. The van der Waals surface area contributed by atoms with E-state index in [9.17, 15) is 44.1 Å². The molecule has 0 bridgehead atoms. The fraction of sp³-hybridized carbons (Fsp3) is 0.500. The van der Waals surface area contributed by atoms with Crippen molar-refractivity contribution in [2.45, 2.75) is 37.6 Å². The number of hydrogen-bond acceptors (Lipinski definition) is 15. The van der Waals surface area contributed by atoms with Gasteiger partial charge in [0.05, 0.1) is 0 Å². The average Bonchev–Trinajstić information content (AvgIpc) is 2.79. The van der Waals surface area contributed by atoms with E-state index in [0.717, 1.165) is 0 Å². The number of carbonyl (C=O) groups excluding carboxylic acids is 6. The topological polar surface area (TPSA) is 218 Å². The summed E-state index contributed by atoms with van der Waals surface area (Å²) in [5.41, 5.74) is 0. The zero-order valence-electron chi connectivity index (χ0n) is 14.2. The monoisotopic (exact) mass is 626 g/mol. The van der Waals surface area contributed by atoms with Crippen LogP contribution in [-0.4, -0.2) is 115 Å². The summed E-state index contributed by atoms with van der Waals surface area (Å²) >= 11 is -8.95. The molecular formula is C12H12In2O15. The summed E-state index contributed by atoms with van der Waals surface area (Å²) in [6.07, 6.45) is -8.08. The fourth-order valence-electron chi connectivity index (χ4n) is 1.85. The first-order chi connectivity index (χ1) is 13.5. The molecule has 2 rings (SSSR count). The first-order valence-electron chi connectivity index (χ1n) is 7.79. The second kappa shape index (κ2) is 10.5. The molecule has 0 aromatic carbocycles. The van der Waals surface area contributed by atoms with Gasteiger partial charge in [-0.05, 0) is 0 Å².